The van der Waals surface area contributed by atoms with Crippen LogP contribution in [0.25, 0.3) is 0 Å². The van der Waals surface area contributed by atoms with Gasteiger partial charge in [-0.2, -0.15) is 5.06 Å². The molecule has 2 amide bonds. The minimum Gasteiger partial charge on any atom is -0.444 e. The first-order valence-corrected chi connectivity index (χ1v) is 11.7. The predicted molar refractivity (Wildman–Crippen MR) is 128 cm³/mol. The van der Waals surface area contributed by atoms with Crippen molar-refractivity contribution in [3.63, 3.8) is 0 Å². The van der Waals surface area contributed by atoms with Crippen LogP contribution in [0.15, 0.2) is 12.2 Å². The molecule has 1 aliphatic heterocycles. The van der Waals surface area contributed by atoms with Crippen molar-refractivity contribution in [2.45, 2.75) is 124 Å². The van der Waals surface area contributed by atoms with Crippen LogP contribution >= 0.6 is 0 Å². The van der Waals surface area contributed by atoms with Gasteiger partial charge in [0.2, 0.25) is 5.91 Å². The van der Waals surface area contributed by atoms with Gasteiger partial charge in [-0.05, 0) is 87.5 Å². The van der Waals surface area contributed by atoms with Crippen LogP contribution in [0.4, 0.5) is 4.79 Å². The molecule has 7 heteroatoms. The number of alkyl carbamates (subject to hydrolysis) is 1. The molecule has 32 heavy (non-hydrogen) atoms. The minimum absolute atomic E-state index is 0.0191. The van der Waals surface area contributed by atoms with Gasteiger partial charge in [0.15, 0.2) is 0 Å². The molecule has 186 valence electrons. The molecule has 0 aromatic heterocycles. The standard InChI is InChI=1S/C25H47N3O4/c1-17(2)14-19(26-21(30)32-22(3,4)5)12-13-23(6,7)27-20(29)18-15-24(8,9)28(31)25(10,11)16-18/h12-13,17-19,31H,14-16H2,1-11H3,(H,26,30)(H,27,29)/b13-12+/t19-/m1/s1. The van der Waals surface area contributed by atoms with Gasteiger partial charge in [-0.1, -0.05) is 26.0 Å². The highest BCUT2D eigenvalue weighted by Crippen LogP contribution is 2.40. The maximum absolute atomic E-state index is 13.1. The number of hydroxylamine groups is 2. The predicted octanol–water partition coefficient (Wildman–Crippen LogP) is 5.04. The average Bonchev–Trinajstić information content (AvgIpc) is 2.54. The summed E-state index contributed by atoms with van der Waals surface area (Å²) in [5.41, 5.74) is -2.12. The molecule has 0 unspecified atom stereocenters. The first-order chi connectivity index (χ1) is 14.2. The molecule has 0 radical (unpaired) electrons. The SMILES string of the molecule is CC(C)C[C@@H](/C=C/C(C)(C)NC(=O)C1CC(C)(C)N(O)C(C)(C)C1)NC(=O)OC(C)(C)C. The molecular formula is C25H47N3O4. The van der Waals surface area contributed by atoms with E-state index in [0.717, 1.165) is 6.42 Å². The number of ether oxygens (including phenoxy) is 1. The van der Waals surface area contributed by atoms with Gasteiger partial charge in [-0.15, -0.1) is 0 Å². The van der Waals surface area contributed by atoms with Crippen LogP contribution in [0.1, 0.15) is 95.4 Å². The van der Waals surface area contributed by atoms with Gasteiger partial charge in [0.1, 0.15) is 5.60 Å². The van der Waals surface area contributed by atoms with Gasteiger partial charge in [-0.25, -0.2) is 4.79 Å². The quantitative estimate of drug-likeness (QED) is 0.470. The monoisotopic (exact) mass is 453 g/mol. The summed E-state index contributed by atoms with van der Waals surface area (Å²) in [6, 6.07) is -0.198. The molecular weight excluding hydrogens is 406 g/mol. The first kappa shape index (κ1) is 28.4. The Kier molecular flexibility index (Phi) is 8.99. The largest absolute Gasteiger partial charge is 0.444 e. The molecule has 0 aliphatic carbocycles. The number of carbonyl (C=O) groups excluding carboxylic acids is 2. The zero-order valence-corrected chi connectivity index (χ0v) is 22.1. The summed E-state index contributed by atoms with van der Waals surface area (Å²) < 4.78 is 5.40. The van der Waals surface area contributed by atoms with Crippen molar-refractivity contribution in [2.24, 2.45) is 11.8 Å². The molecule has 1 heterocycles. The molecule has 1 fully saturated rings. The lowest BCUT2D eigenvalue weighted by Crippen LogP contribution is -2.61. The second-order valence-corrected chi connectivity index (χ2v) is 12.5. The van der Waals surface area contributed by atoms with E-state index < -0.39 is 28.3 Å². The Morgan fingerprint density at radius 3 is 2.03 bits per heavy atom. The van der Waals surface area contributed by atoms with Crippen LogP contribution in [-0.4, -0.2) is 50.5 Å². The van der Waals surface area contributed by atoms with Crippen molar-refractivity contribution in [3.8, 4) is 0 Å². The Hall–Kier alpha value is -1.60. The number of amides is 2. The molecule has 0 aromatic carbocycles. The number of hydrogen-bond acceptors (Lipinski definition) is 5. The first-order valence-electron chi connectivity index (χ1n) is 11.7. The molecule has 0 bridgehead atoms. The summed E-state index contributed by atoms with van der Waals surface area (Å²) in [5, 5.41) is 18.0. The average molecular weight is 454 g/mol. The fourth-order valence-electron chi connectivity index (χ4n) is 4.43. The lowest BCUT2D eigenvalue weighted by molar-refractivity contribution is -0.249. The van der Waals surface area contributed by atoms with Crippen LogP contribution < -0.4 is 10.6 Å². The molecule has 1 atom stereocenters. The Labute approximate surface area is 195 Å². The zero-order chi connectivity index (χ0) is 25.1. The van der Waals surface area contributed by atoms with E-state index in [1.54, 1.807) is 0 Å². The fourth-order valence-corrected chi connectivity index (χ4v) is 4.43. The van der Waals surface area contributed by atoms with Gasteiger partial charge < -0.3 is 20.6 Å². The van der Waals surface area contributed by atoms with Crippen LogP contribution in [0.3, 0.4) is 0 Å². The van der Waals surface area contributed by atoms with Crippen molar-refractivity contribution in [1.29, 1.82) is 0 Å². The number of nitrogens with zero attached hydrogens (tertiary/aromatic N) is 1. The Morgan fingerprint density at radius 1 is 1.09 bits per heavy atom. The summed E-state index contributed by atoms with van der Waals surface area (Å²) in [6.07, 6.45) is 5.34. The van der Waals surface area contributed by atoms with Crippen molar-refractivity contribution in [2.75, 3.05) is 0 Å². The second-order valence-electron chi connectivity index (χ2n) is 12.5. The third kappa shape index (κ3) is 9.10. The summed E-state index contributed by atoms with van der Waals surface area (Å²) in [5.74, 6) is 0.169. The van der Waals surface area contributed by atoms with Crippen LogP contribution in [-0.2, 0) is 9.53 Å². The third-order valence-electron chi connectivity index (χ3n) is 5.63. The van der Waals surface area contributed by atoms with E-state index in [9.17, 15) is 14.8 Å². The van der Waals surface area contributed by atoms with E-state index >= 15 is 0 Å². The van der Waals surface area contributed by atoms with E-state index in [-0.39, 0.29) is 17.9 Å². The van der Waals surface area contributed by atoms with Crippen molar-refractivity contribution in [3.05, 3.63) is 12.2 Å². The highest BCUT2D eigenvalue weighted by atomic mass is 16.6. The van der Waals surface area contributed by atoms with Gasteiger partial charge >= 0.3 is 6.09 Å². The maximum Gasteiger partial charge on any atom is 0.408 e. The molecule has 0 saturated carbocycles. The summed E-state index contributed by atoms with van der Waals surface area (Å²) in [6.45, 7) is 21.4. The van der Waals surface area contributed by atoms with Crippen molar-refractivity contribution in [1.82, 2.24) is 15.7 Å². The Bertz CT molecular complexity index is 672. The number of piperidine rings is 1. The number of nitrogens with one attached hydrogen (secondary N) is 2. The van der Waals surface area contributed by atoms with E-state index in [2.05, 4.69) is 24.5 Å². The molecule has 1 aliphatic rings. The van der Waals surface area contributed by atoms with Gasteiger partial charge in [0, 0.05) is 17.0 Å². The molecule has 1 saturated heterocycles. The van der Waals surface area contributed by atoms with Crippen LogP contribution in [0.5, 0.6) is 0 Å². The van der Waals surface area contributed by atoms with Crippen LogP contribution in [0, 0.1) is 11.8 Å². The third-order valence-corrected chi connectivity index (χ3v) is 5.63. The smallest absolute Gasteiger partial charge is 0.408 e. The molecule has 0 spiro atoms. The van der Waals surface area contributed by atoms with Crippen LogP contribution in [0.2, 0.25) is 0 Å². The Balaban J connectivity index is 2.87. The summed E-state index contributed by atoms with van der Waals surface area (Å²) in [7, 11) is 0. The van der Waals surface area contributed by atoms with Crippen molar-refractivity contribution >= 4 is 12.0 Å². The van der Waals surface area contributed by atoms with Gasteiger partial charge in [-0.3, -0.25) is 4.79 Å². The highest BCUT2D eigenvalue weighted by molar-refractivity contribution is 5.80. The van der Waals surface area contributed by atoms with Gasteiger partial charge in [0.05, 0.1) is 11.6 Å². The number of carbonyl (C=O) groups is 2. The maximum atomic E-state index is 13.1. The molecule has 7 nitrogen and oxygen atoms in total. The Morgan fingerprint density at radius 2 is 1.59 bits per heavy atom. The summed E-state index contributed by atoms with van der Waals surface area (Å²) in [4.78, 5) is 25.4. The molecule has 0 aromatic rings. The highest BCUT2D eigenvalue weighted by Gasteiger charge is 2.47. The van der Waals surface area contributed by atoms with Gasteiger partial charge in [0.25, 0.3) is 0 Å². The normalized spacial score (nSPS) is 20.9. The molecule has 1 rings (SSSR count). The van der Waals surface area contributed by atoms with E-state index in [0.29, 0.717) is 18.8 Å². The zero-order valence-electron chi connectivity index (χ0n) is 22.1. The van der Waals surface area contributed by atoms with E-state index in [4.69, 9.17) is 4.74 Å². The number of hydrogen-bond donors (Lipinski definition) is 3. The summed E-state index contributed by atoms with van der Waals surface area (Å²) >= 11 is 0. The fraction of sp³-hybridized carbons (Fsp3) is 0.840. The van der Waals surface area contributed by atoms with Crippen molar-refractivity contribution < 1.29 is 19.5 Å². The lowest BCUT2D eigenvalue weighted by Gasteiger charge is -2.51. The van der Waals surface area contributed by atoms with E-state index in [1.807, 2.05) is 74.5 Å². The topological polar surface area (TPSA) is 90.9 Å². The van der Waals surface area contributed by atoms with E-state index in [1.165, 1.54) is 5.06 Å². The minimum atomic E-state index is -0.591. The second kappa shape index (κ2) is 10.1. The lowest BCUT2D eigenvalue weighted by atomic mass is 9.74. The molecule has 3 N–H and O–H groups in total. The number of rotatable bonds is 7.